The van der Waals surface area contributed by atoms with Crippen molar-refractivity contribution in [3.05, 3.63) is 148 Å². The minimum atomic E-state index is -0.180. The van der Waals surface area contributed by atoms with E-state index >= 15 is 0 Å². The number of allylic oxidation sites excluding steroid dienone is 13. The molecule has 0 saturated carbocycles. The van der Waals surface area contributed by atoms with Crippen molar-refractivity contribution in [2.24, 2.45) is 28.2 Å². The van der Waals surface area contributed by atoms with E-state index in [-0.39, 0.29) is 29.8 Å². The third-order valence-electron chi connectivity index (χ3n) is 15.2. The summed E-state index contributed by atoms with van der Waals surface area (Å²) >= 11 is 0. The van der Waals surface area contributed by atoms with Crippen LogP contribution in [0, 0.1) is 23.2 Å². The molecular weight excluding hydrogens is 713 g/mol. The molecule has 6 heteroatoms. The van der Waals surface area contributed by atoms with Crippen LogP contribution in [0.2, 0.25) is 0 Å². The summed E-state index contributed by atoms with van der Waals surface area (Å²) in [5.74, 6) is 4.99. The highest BCUT2D eigenvalue weighted by atomic mass is 16.5. The summed E-state index contributed by atoms with van der Waals surface area (Å²) in [5.41, 5.74) is 10.8. The fourth-order valence-electron chi connectivity index (χ4n) is 12.1. The van der Waals surface area contributed by atoms with Crippen LogP contribution in [0.3, 0.4) is 0 Å². The molecule has 8 unspecified atom stereocenters. The van der Waals surface area contributed by atoms with Gasteiger partial charge in [0.15, 0.2) is 0 Å². The van der Waals surface area contributed by atoms with Crippen LogP contribution >= 0.6 is 0 Å². The maximum Gasteiger partial charge on any atom is 0.136 e. The van der Waals surface area contributed by atoms with Crippen molar-refractivity contribution >= 4 is 22.5 Å². The van der Waals surface area contributed by atoms with Gasteiger partial charge in [-0.1, -0.05) is 85.1 Å². The van der Waals surface area contributed by atoms with Gasteiger partial charge in [-0.15, -0.1) is 0 Å². The monoisotopic (exact) mass is 768 g/mol. The molecule has 1 aromatic heterocycles. The molecule has 0 saturated heterocycles. The largest absolute Gasteiger partial charge is 0.493 e. The van der Waals surface area contributed by atoms with Gasteiger partial charge >= 0.3 is 0 Å². The Morgan fingerprint density at radius 1 is 0.879 bits per heavy atom. The first-order valence-corrected chi connectivity index (χ1v) is 22.6. The summed E-state index contributed by atoms with van der Waals surface area (Å²) in [7, 11) is 0. The zero-order valence-corrected chi connectivity index (χ0v) is 33.8. The molecule has 0 amide bonds. The Hall–Kier alpha value is -4.81. The second-order valence-corrected chi connectivity index (χ2v) is 18.7. The lowest BCUT2D eigenvalue weighted by Gasteiger charge is -2.41. The highest BCUT2D eigenvalue weighted by Gasteiger charge is 2.50. The lowest BCUT2D eigenvalue weighted by molar-refractivity contribution is 0.0677. The fraction of sp³-hybridized carbons (Fsp3) is 0.442. The van der Waals surface area contributed by atoms with Crippen molar-refractivity contribution in [3.8, 4) is 0 Å². The number of aliphatic imine (C=N–C) groups is 1. The molecule has 0 radical (unpaired) electrons. The van der Waals surface area contributed by atoms with Gasteiger partial charge < -0.3 is 19.4 Å². The van der Waals surface area contributed by atoms with Gasteiger partial charge in [0.2, 0.25) is 0 Å². The SMILES string of the molecule is CC12C=CC(C3=NC(C4=CCCC=C4)NC(C4C=C(C5C=CC=CC5)C=CC4)N3)CC1OC1=C2C=C(N2c3cc4oc5c(c4cc3C3CCC=C[C@H]32)CCCC5)CC1. The molecule has 296 valence electrons. The molecule has 7 aliphatic carbocycles. The summed E-state index contributed by atoms with van der Waals surface area (Å²) in [6, 6.07) is 5.29. The molecule has 6 nitrogen and oxygen atoms in total. The zero-order chi connectivity index (χ0) is 38.4. The smallest absolute Gasteiger partial charge is 0.136 e. The molecule has 3 aliphatic heterocycles. The van der Waals surface area contributed by atoms with Crippen LogP contribution in [0.4, 0.5) is 5.69 Å². The predicted molar refractivity (Wildman–Crippen MR) is 234 cm³/mol. The third kappa shape index (κ3) is 5.72. The summed E-state index contributed by atoms with van der Waals surface area (Å²) in [6.45, 7) is 2.42. The van der Waals surface area contributed by atoms with E-state index in [2.05, 4.69) is 126 Å². The molecule has 0 spiro atoms. The Bertz CT molecular complexity index is 2410. The summed E-state index contributed by atoms with van der Waals surface area (Å²) < 4.78 is 13.6. The fourth-order valence-corrected chi connectivity index (χ4v) is 12.1. The first-order chi connectivity index (χ1) is 28.6. The minimum Gasteiger partial charge on any atom is -0.493 e. The molecule has 12 rings (SSSR count). The van der Waals surface area contributed by atoms with Crippen molar-refractivity contribution in [3.63, 3.8) is 0 Å². The van der Waals surface area contributed by atoms with E-state index in [0.29, 0.717) is 23.8 Å². The topological polar surface area (TPSA) is 62.0 Å². The number of furan rings is 1. The van der Waals surface area contributed by atoms with Crippen molar-refractivity contribution in [2.75, 3.05) is 4.90 Å². The summed E-state index contributed by atoms with van der Waals surface area (Å²) in [5, 5.41) is 9.29. The second kappa shape index (κ2) is 13.9. The summed E-state index contributed by atoms with van der Waals surface area (Å²) in [4.78, 5) is 8.13. The van der Waals surface area contributed by atoms with Crippen molar-refractivity contribution in [1.29, 1.82) is 0 Å². The van der Waals surface area contributed by atoms with Gasteiger partial charge in [0.05, 0.1) is 17.6 Å². The Morgan fingerprint density at radius 3 is 2.74 bits per heavy atom. The highest BCUT2D eigenvalue weighted by Crippen LogP contribution is 2.56. The molecule has 0 bridgehead atoms. The quantitative estimate of drug-likeness (QED) is 0.297. The van der Waals surface area contributed by atoms with Crippen LogP contribution in [-0.4, -0.2) is 30.3 Å². The molecule has 2 aromatic rings. The van der Waals surface area contributed by atoms with E-state index in [1.807, 2.05) is 0 Å². The Morgan fingerprint density at radius 2 is 1.83 bits per heavy atom. The van der Waals surface area contributed by atoms with E-state index in [9.17, 15) is 0 Å². The standard InChI is InChI=1S/C52H56N4O2/c1-52-26-25-36(51-54-49(33-15-6-3-7-16-33)53-50(55-51)35-18-12-17-34(27-35)32-13-4-2-5-14-32)28-48(52)58-46-24-23-37(29-42(46)52)56-43-21-10-8-19-38(43)40-30-41-39-20-9-11-22-45(39)57-47(41)31-44(40)56/h2,4-6,10,12-13,15-17,21,25-27,29-32,35-36,38,43,48-50,53H,3,7-9,11,14,18-20,22-24,28H2,1H3,(H,54,55)/t32?,35?,36?,38?,43-,48?,49?,50?,52?/m1/s1. The number of rotatable bonds is 5. The first-order valence-electron chi connectivity index (χ1n) is 22.6. The molecule has 58 heavy (non-hydrogen) atoms. The van der Waals surface area contributed by atoms with Gasteiger partial charge in [0, 0.05) is 70.5 Å². The second-order valence-electron chi connectivity index (χ2n) is 18.7. The molecule has 4 heterocycles. The zero-order valence-electron chi connectivity index (χ0n) is 33.8. The number of ether oxygens (including phenoxy) is 1. The van der Waals surface area contributed by atoms with Gasteiger partial charge in [-0.3, -0.25) is 5.32 Å². The average Bonchev–Trinajstić information content (AvgIpc) is 3.92. The van der Waals surface area contributed by atoms with Crippen LogP contribution in [-0.2, 0) is 17.6 Å². The number of aryl methyl sites for hydroxylation is 2. The number of anilines is 1. The number of nitrogens with one attached hydrogen (secondary N) is 2. The highest BCUT2D eigenvalue weighted by molar-refractivity contribution is 5.90. The summed E-state index contributed by atoms with van der Waals surface area (Å²) in [6.07, 6.45) is 49.9. The first kappa shape index (κ1) is 35.2. The van der Waals surface area contributed by atoms with E-state index in [0.717, 1.165) is 75.6 Å². The van der Waals surface area contributed by atoms with Gasteiger partial charge in [-0.2, -0.15) is 0 Å². The van der Waals surface area contributed by atoms with Gasteiger partial charge in [0.1, 0.15) is 35.2 Å². The van der Waals surface area contributed by atoms with Crippen molar-refractivity contribution < 1.29 is 9.15 Å². The molecule has 1 aromatic carbocycles. The maximum atomic E-state index is 7.04. The van der Waals surface area contributed by atoms with Crippen LogP contribution in [0.5, 0.6) is 0 Å². The van der Waals surface area contributed by atoms with Gasteiger partial charge in [0.25, 0.3) is 0 Å². The number of benzene rings is 1. The molecule has 9 atom stereocenters. The van der Waals surface area contributed by atoms with Crippen LogP contribution in [0.15, 0.2) is 141 Å². The van der Waals surface area contributed by atoms with Crippen LogP contribution in [0.1, 0.15) is 100 Å². The van der Waals surface area contributed by atoms with E-state index in [1.165, 1.54) is 75.4 Å². The van der Waals surface area contributed by atoms with E-state index in [4.69, 9.17) is 14.1 Å². The Labute approximate surface area is 343 Å². The van der Waals surface area contributed by atoms with Gasteiger partial charge in [-0.05, 0) is 106 Å². The lowest BCUT2D eigenvalue weighted by atomic mass is 9.69. The number of hydrogen-bond acceptors (Lipinski definition) is 6. The Kier molecular flexibility index (Phi) is 8.43. The molecule has 2 N–H and O–H groups in total. The number of fused-ring (bicyclic) bond motifs is 8. The minimum absolute atomic E-state index is 0.0602. The Balaban J connectivity index is 0.843. The third-order valence-corrected chi connectivity index (χ3v) is 15.2. The van der Waals surface area contributed by atoms with Crippen LogP contribution in [0.25, 0.3) is 11.0 Å². The van der Waals surface area contributed by atoms with Crippen molar-refractivity contribution in [2.45, 2.75) is 121 Å². The average molecular weight is 769 g/mol. The number of nitrogens with zero attached hydrogens (tertiary/aromatic N) is 2. The number of amidine groups is 1. The number of hydrogen-bond donors (Lipinski definition) is 2. The van der Waals surface area contributed by atoms with Crippen LogP contribution < -0.4 is 15.5 Å². The van der Waals surface area contributed by atoms with E-state index in [1.54, 1.807) is 0 Å². The molecule has 0 fully saturated rings. The normalized spacial score (nSPS) is 35.6. The lowest BCUT2D eigenvalue weighted by Crippen LogP contribution is -2.59. The van der Waals surface area contributed by atoms with E-state index < -0.39 is 0 Å². The predicted octanol–water partition coefficient (Wildman–Crippen LogP) is 11.0. The molecule has 10 aliphatic rings. The molecular formula is C52H56N4O2. The maximum absolute atomic E-state index is 7.04. The van der Waals surface area contributed by atoms with Gasteiger partial charge in [-0.25, -0.2) is 4.99 Å². The van der Waals surface area contributed by atoms with Crippen molar-refractivity contribution in [1.82, 2.24) is 10.6 Å².